The summed E-state index contributed by atoms with van der Waals surface area (Å²) < 4.78 is 14.0. The van der Waals surface area contributed by atoms with Crippen LogP contribution in [-0.2, 0) is 4.79 Å². The lowest BCUT2D eigenvalue weighted by Gasteiger charge is -2.06. The van der Waals surface area contributed by atoms with Crippen molar-refractivity contribution in [3.63, 3.8) is 0 Å². The summed E-state index contributed by atoms with van der Waals surface area (Å²) in [7, 11) is 0. The Bertz CT molecular complexity index is 1130. The molecule has 130 valence electrons. The molecular formula is C18H13FN4OS2. The summed E-state index contributed by atoms with van der Waals surface area (Å²) in [4.78, 5) is 25.4. The third-order valence-corrected chi connectivity index (χ3v) is 5.54. The lowest BCUT2D eigenvalue weighted by atomic mass is 10.2. The number of aromatic nitrogens is 3. The van der Waals surface area contributed by atoms with Gasteiger partial charge in [0.2, 0.25) is 5.91 Å². The maximum Gasteiger partial charge on any atom is 0.236 e. The number of nitrogens with zero attached hydrogens (tertiary/aromatic N) is 3. The Morgan fingerprint density at radius 1 is 1.15 bits per heavy atom. The standard InChI is InChI=1S/C18H13FN4OS2/c1-10-20-13-5-3-2-4-12(13)17(21-10)25-9-16(24)23-18-22-14-7-6-11(19)8-15(14)26-18/h2-8H,9H2,1H3,(H,22,23,24). The van der Waals surface area contributed by atoms with Crippen molar-refractivity contribution in [1.82, 2.24) is 15.0 Å². The predicted molar refractivity (Wildman–Crippen MR) is 103 cm³/mol. The largest absolute Gasteiger partial charge is 0.301 e. The lowest BCUT2D eigenvalue weighted by molar-refractivity contribution is -0.113. The second-order valence-corrected chi connectivity index (χ2v) is 7.56. The van der Waals surface area contributed by atoms with Gasteiger partial charge in [-0.2, -0.15) is 0 Å². The molecule has 2 aromatic heterocycles. The molecule has 0 saturated heterocycles. The second-order valence-electron chi connectivity index (χ2n) is 5.56. The van der Waals surface area contributed by atoms with Crippen LogP contribution in [0.1, 0.15) is 5.82 Å². The van der Waals surface area contributed by atoms with Gasteiger partial charge in [-0.1, -0.05) is 41.3 Å². The highest BCUT2D eigenvalue weighted by atomic mass is 32.2. The molecule has 2 aromatic carbocycles. The van der Waals surface area contributed by atoms with Crippen LogP contribution in [0.25, 0.3) is 21.1 Å². The number of fused-ring (bicyclic) bond motifs is 2. The minimum Gasteiger partial charge on any atom is -0.301 e. The van der Waals surface area contributed by atoms with E-state index in [4.69, 9.17) is 0 Å². The third kappa shape index (κ3) is 3.51. The van der Waals surface area contributed by atoms with Crippen LogP contribution in [0.2, 0.25) is 0 Å². The Labute approximate surface area is 156 Å². The summed E-state index contributed by atoms with van der Waals surface area (Å²) in [6.07, 6.45) is 0. The van der Waals surface area contributed by atoms with Crippen molar-refractivity contribution in [2.75, 3.05) is 11.1 Å². The van der Waals surface area contributed by atoms with Crippen molar-refractivity contribution >= 4 is 55.3 Å². The van der Waals surface area contributed by atoms with E-state index in [0.717, 1.165) is 15.9 Å². The maximum atomic E-state index is 13.3. The molecule has 5 nitrogen and oxygen atoms in total. The number of thioether (sulfide) groups is 1. The molecule has 0 unspecified atom stereocenters. The van der Waals surface area contributed by atoms with E-state index in [-0.39, 0.29) is 17.5 Å². The van der Waals surface area contributed by atoms with Crippen LogP contribution in [0.5, 0.6) is 0 Å². The topological polar surface area (TPSA) is 67.8 Å². The maximum absolute atomic E-state index is 13.3. The normalized spacial score (nSPS) is 11.2. The van der Waals surface area contributed by atoms with Gasteiger partial charge in [0.05, 0.1) is 21.5 Å². The molecule has 8 heteroatoms. The van der Waals surface area contributed by atoms with Crippen LogP contribution in [-0.4, -0.2) is 26.6 Å². The summed E-state index contributed by atoms with van der Waals surface area (Å²) in [5.41, 5.74) is 1.52. The first kappa shape index (κ1) is 16.9. The first-order valence-electron chi connectivity index (χ1n) is 7.80. The van der Waals surface area contributed by atoms with E-state index in [1.807, 2.05) is 31.2 Å². The van der Waals surface area contributed by atoms with Crippen LogP contribution in [0.4, 0.5) is 9.52 Å². The van der Waals surface area contributed by atoms with E-state index in [0.29, 0.717) is 21.2 Å². The Morgan fingerprint density at radius 3 is 2.88 bits per heavy atom. The van der Waals surface area contributed by atoms with Crippen LogP contribution >= 0.6 is 23.1 Å². The molecule has 0 aliphatic heterocycles. The molecule has 0 atom stereocenters. The van der Waals surface area contributed by atoms with Crippen molar-refractivity contribution in [3.05, 3.63) is 54.1 Å². The van der Waals surface area contributed by atoms with Gasteiger partial charge in [0.25, 0.3) is 0 Å². The summed E-state index contributed by atoms with van der Waals surface area (Å²) >= 11 is 2.60. The van der Waals surface area contributed by atoms with Gasteiger partial charge < -0.3 is 5.32 Å². The summed E-state index contributed by atoms with van der Waals surface area (Å²) in [6.45, 7) is 1.83. The molecule has 0 saturated carbocycles. The van der Waals surface area contributed by atoms with Gasteiger partial charge in [0.15, 0.2) is 5.13 Å². The van der Waals surface area contributed by atoms with Crippen molar-refractivity contribution in [1.29, 1.82) is 0 Å². The minimum absolute atomic E-state index is 0.185. The number of hydrogen-bond donors (Lipinski definition) is 1. The fourth-order valence-corrected chi connectivity index (χ4v) is 4.28. The molecule has 0 fully saturated rings. The van der Waals surface area contributed by atoms with Crippen LogP contribution < -0.4 is 5.32 Å². The number of aryl methyl sites for hydroxylation is 1. The Hall–Kier alpha value is -2.58. The molecule has 1 N–H and O–H groups in total. The quantitative estimate of drug-likeness (QED) is 0.417. The molecule has 4 aromatic rings. The number of para-hydroxylation sites is 1. The molecule has 26 heavy (non-hydrogen) atoms. The summed E-state index contributed by atoms with van der Waals surface area (Å²) in [5.74, 6) is 0.361. The molecule has 2 heterocycles. The highest BCUT2D eigenvalue weighted by Gasteiger charge is 2.11. The second kappa shape index (κ2) is 6.97. The zero-order chi connectivity index (χ0) is 18.1. The molecule has 0 spiro atoms. The zero-order valence-corrected chi connectivity index (χ0v) is 15.3. The van der Waals surface area contributed by atoms with Gasteiger partial charge in [0.1, 0.15) is 16.7 Å². The van der Waals surface area contributed by atoms with Gasteiger partial charge >= 0.3 is 0 Å². The summed E-state index contributed by atoms with van der Waals surface area (Å²) in [5, 5.41) is 4.92. The third-order valence-electron chi connectivity index (χ3n) is 3.62. The number of carbonyl (C=O) groups excluding carboxylic acids is 1. The average Bonchev–Trinajstić information content (AvgIpc) is 3.00. The molecule has 4 rings (SSSR count). The molecule has 0 aliphatic rings. The van der Waals surface area contributed by atoms with Gasteiger partial charge in [-0.25, -0.2) is 19.3 Å². The Morgan fingerprint density at radius 2 is 2.00 bits per heavy atom. The zero-order valence-electron chi connectivity index (χ0n) is 13.7. The number of nitrogens with one attached hydrogen (secondary N) is 1. The number of benzene rings is 2. The summed E-state index contributed by atoms with van der Waals surface area (Å²) in [6, 6.07) is 12.1. The average molecular weight is 384 g/mol. The first-order valence-corrected chi connectivity index (χ1v) is 9.61. The Kier molecular flexibility index (Phi) is 4.52. The van der Waals surface area contributed by atoms with E-state index in [2.05, 4.69) is 20.3 Å². The number of halogens is 1. The number of rotatable bonds is 4. The highest BCUT2D eigenvalue weighted by Crippen LogP contribution is 2.28. The van der Waals surface area contributed by atoms with Crippen molar-refractivity contribution in [2.45, 2.75) is 11.9 Å². The van der Waals surface area contributed by atoms with E-state index in [1.54, 1.807) is 6.07 Å². The number of amides is 1. The van der Waals surface area contributed by atoms with Gasteiger partial charge in [-0.15, -0.1) is 0 Å². The first-order chi connectivity index (χ1) is 12.6. The van der Waals surface area contributed by atoms with Crippen LogP contribution in [0.15, 0.2) is 47.5 Å². The SMILES string of the molecule is Cc1nc(SCC(=O)Nc2nc3ccc(F)cc3s2)c2ccccc2n1. The van der Waals surface area contributed by atoms with E-state index in [9.17, 15) is 9.18 Å². The van der Waals surface area contributed by atoms with Gasteiger partial charge in [-0.05, 0) is 31.2 Å². The van der Waals surface area contributed by atoms with E-state index in [1.165, 1.54) is 35.2 Å². The van der Waals surface area contributed by atoms with Gasteiger partial charge in [0, 0.05) is 5.39 Å². The smallest absolute Gasteiger partial charge is 0.236 e. The fourth-order valence-electron chi connectivity index (χ4n) is 2.51. The van der Waals surface area contributed by atoms with Crippen molar-refractivity contribution in [2.24, 2.45) is 0 Å². The fraction of sp³-hybridized carbons (Fsp3) is 0.111. The van der Waals surface area contributed by atoms with Gasteiger partial charge in [-0.3, -0.25) is 4.79 Å². The number of hydrogen-bond acceptors (Lipinski definition) is 6. The van der Waals surface area contributed by atoms with Crippen molar-refractivity contribution in [3.8, 4) is 0 Å². The number of carbonyl (C=O) groups is 1. The molecular weight excluding hydrogens is 371 g/mol. The molecule has 1 amide bonds. The minimum atomic E-state index is -0.319. The number of anilines is 1. The van der Waals surface area contributed by atoms with Crippen LogP contribution in [0, 0.1) is 12.7 Å². The predicted octanol–water partition coefficient (Wildman–Crippen LogP) is 4.42. The monoisotopic (exact) mass is 384 g/mol. The van der Waals surface area contributed by atoms with E-state index >= 15 is 0 Å². The van der Waals surface area contributed by atoms with Crippen molar-refractivity contribution < 1.29 is 9.18 Å². The Balaban J connectivity index is 1.48. The lowest BCUT2D eigenvalue weighted by Crippen LogP contribution is -2.14. The molecule has 0 bridgehead atoms. The highest BCUT2D eigenvalue weighted by molar-refractivity contribution is 8.00. The van der Waals surface area contributed by atoms with Crippen LogP contribution in [0.3, 0.4) is 0 Å². The number of thiazole rings is 1. The van der Waals surface area contributed by atoms with E-state index < -0.39 is 0 Å². The molecule has 0 aliphatic carbocycles. The molecule has 0 radical (unpaired) electrons.